The number of hydrogen-bond acceptors (Lipinski definition) is 7. The van der Waals surface area contributed by atoms with Gasteiger partial charge in [-0.25, -0.2) is 14.2 Å². The fraction of sp³-hybridized carbons (Fsp3) is 0.238. The standard InChI is InChI=1S/C21H19FN4O5/c22-17-18(28)15(11-27)31-20(17)26-10-9-16(25-21(26)30)24-19(29)14-8-4-7-13(23-14)12-5-2-1-3-6-12/h1-10,15,17-18,20,27-28H,11H2,(H,24,25,29,30)/t15-,17-,18-,20+/m1/s1. The van der Waals surface area contributed by atoms with Gasteiger partial charge in [0.15, 0.2) is 12.4 Å². The van der Waals surface area contributed by atoms with Crippen LogP contribution in [0.4, 0.5) is 10.2 Å². The number of nitrogens with zero attached hydrogens (tertiary/aromatic N) is 3. The summed E-state index contributed by atoms with van der Waals surface area (Å²) in [6, 6.07) is 15.6. The number of ether oxygens (including phenoxy) is 1. The van der Waals surface area contributed by atoms with Gasteiger partial charge in [0.2, 0.25) is 0 Å². The molecule has 1 aliphatic heterocycles. The molecule has 1 aromatic carbocycles. The van der Waals surface area contributed by atoms with E-state index in [0.717, 1.165) is 10.1 Å². The van der Waals surface area contributed by atoms with Crippen LogP contribution in [0, 0.1) is 0 Å². The van der Waals surface area contributed by atoms with Crippen LogP contribution >= 0.6 is 0 Å². The first-order valence-corrected chi connectivity index (χ1v) is 9.49. The second-order valence-electron chi connectivity index (χ2n) is 6.91. The van der Waals surface area contributed by atoms with Crippen molar-refractivity contribution in [2.75, 3.05) is 11.9 Å². The summed E-state index contributed by atoms with van der Waals surface area (Å²) in [5.74, 6) is -0.621. The zero-order valence-electron chi connectivity index (χ0n) is 16.1. The zero-order valence-corrected chi connectivity index (χ0v) is 16.1. The van der Waals surface area contributed by atoms with Crippen molar-refractivity contribution in [1.82, 2.24) is 14.5 Å². The third-order valence-electron chi connectivity index (χ3n) is 4.87. The highest BCUT2D eigenvalue weighted by Crippen LogP contribution is 2.30. The fourth-order valence-electron chi connectivity index (χ4n) is 3.27. The van der Waals surface area contributed by atoms with Gasteiger partial charge < -0.3 is 20.3 Å². The Hall–Kier alpha value is -3.47. The van der Waals surface area contributed by atoms with E-state index in [1.165, 1.54) is 18.3 Å². The summed E-state index contributed by atoms with van der Waals surface area (Å²) < 4.78 is 20.3. The first-order valence-electron chi connectivity index (χ1n) is 9.49. The van der Waals surface area contributed by atoms with Crippen molar-refractivity contribution in [3.8, 4) is 11.3 Å². The van der Waals surface area contributed by atoms with Gasteiger partial charge >= 0.3 is 5.69 Å². The Morgan fingerprint density at radius 1 is 1.13 bits per heavy atom. The third-order valence-corrected chi connectivity index (χ3v) is 4.87. The molecule has 31 heavy (non-hydrogen) atoms. The van der Waals surface area contributed by atoms with Crippen LogP contribution in [0.1, 0.15) is 16.7 Å². The highest BCUT2D eigenvalue weighted by Gasteiger charge is 2.45. The van der Waals surface area contributed by atoms with E-state index in [1.807, 2.05) is 30.3 Å². The van der Waals surface area contributed by atoms with Crippen LogP contribution < -0.4 is 11.0 Å². The summed E-state index contributed by atoms with van der Waals surface area (Å²) in [5.41, 5.74) is 0.700. The van der Waals surface area contributed by atoms with E-state index in [2.05, 4.69) is 15.3 Å². The molecule has 4 rings (SSSR count). The summed E-state index contributed by atoms with van der Waals surface area (Å²) >= 11 is 0. The molecule has 0 aliphatic carbocycles. The van der Waals surface area contributed by atoms with Gasteiger partial charge in [-0.15, -0.1) is 0 Å². The minimum Gasteiger partial charge on any atom is -0.394 e. The van der Waals surface area contributed by atoms with Crippen LogP contribution in [-0.2, 0) is 4.74 Å². The Labute approximate surface area is 175 Å². The number of aliphatic hydroxyl groups is 2. The second kappa shape index (κ2) is 8.72. The van der Waals surface area contributed by atoms with Crippen molar-refractivity contribution >= 4 is 11.7 Å². The van der Waals surface area contributed by atoms with Crippen LogP contribution in [-0.4, -0.2) is 55.6 Å². The lowest BCUT2D eigenvalue weighted by Crippen LogP contribution is -2.33. The van der Waals surface area contributed by atoms with Gasteiger partial charge in [-0.05, 0) is 18.2 Å². The van der Waals surface area contributed by atoms with Crippen LogP contribution in [0.5, 0.6) is 0 Å². The fourth-order valence-corrected chi connectivity index (χ4v) is 3.27. The molecule has 1 saturated heterocycles. The average molecular weight is 426 g/mol. The number of pyridine rings is 1. The van der Waals surface area contributed by atoms with E-state index in [0.29, 0.717) is 5.69 Å². The van der Waals surface area contributed by atoms with E-state index in [4.69, 9.17) is 9.84 Å². The topological polar surface area (TPSA) is 127 Å². The molecule has 3 N–H and O–H groups in total. The highest BCUT2D eigenvalue weighted by atomic mass is 19.1. The van der Waals surface area contributed by atoms with Crippen LogP contribution in [0.2, 0.25) is 0 Å². The van der Waals surface area contributed by atoms with Crippen molar-refractivity contribution in [3.05, 3.63) is 77.0 Å². The number of aliphatic hydroxyl groups excluding tert-OH is 2. The number of benzene rings is 1. The minimum atomic E-state index is -1.91. The molecule has 0 bridgehead atoms. The molecule has 9 nitrogen and oxygen atoms in total. The van der Waals surface area contributed by atoms with Crippen LogP contribution in [0.3, 0.4) is 0 Å². The molecule has 0 unspecified atom stereocenters. The number of amides is 1. The molecule has 1 amide bonds. The van der Waals surface area contributed by atoms with Gasteiger partial charge in [0, 0.05) is 11.8 Å². The Morgan fingerprint density at radius 2 is 1.90 bits per heavy atom. The van der Waals surface area contributed by atoms with Gasteiger partial charge in [-0.1, -0.05) is 36.4 Å². The van der Waals surface area contributed by atoms with Crippen molar-refractivity contribution in [3.63, 3.8) is 0 Å². The molecule has 3 heterocycles. The van der Waals surface area contributed by atoms with E-state index in [-0.39, 0.29) is 11.5 Å². The number of carbonyl (C=O) groups excluding carboxylic acids is 1. The molecule has 0 saturated carbocycles. The number of anilines is 1. The number of rotatable bonds is 5. The molecular formula is C21H19FN4O5. The maximum atomic E-state index is 14.2. The number of hydrogen-bond donors (Lipinski definition) is 3. The summed E-state index contributed by atoms with van der Waals surface area (Å²) in [5, 5.41) is 21.3. The number of halogens is 1. The van der Waals surface area contributed by atoms with E-state index < -0.39 is 42.8 Å². The molecule has 160 valence electrons. The van der Waals surface area contributed by atoms with Crippen LogP contribution in [0.15, 0.2) is 65.6 Å². The number of carbonyl (C=O) groups is 1. The van der Waals surface area contributed by atoms with Crippen molar-refractivity contribution in [2.45, 2.75) is 24.6 Å². The first-order chi connectivity index (χ1) is 15.0. The maximum Gasteiger partial charge on any atom is 0.351 e. The summed E-state index contributed by atoms with van der Waals surface area (Å²) in [7, 11) is 0. The lowest BCUT2D eigenvalue weighted by molar-refractivity contribution is -0.0490. The van der Waals surface area contributed by atoms with E-state index in [9.17, 15) is 19.1 Å². The van der Waals surface area contributed by atoms with Crippen LogP contribution in [0.25, 0.3) is 11.3 Å². The smallest absolute Gasteiger partial charge is 0.351 e. The summed E-state index contributed by atoms with van der Waals surface area (Å²) in [6.07, 6.45) is -4.86. The molecule has 10 heteroatoms. The largest absolute Gasteiger partial charge is 0.394 e. The Morgan fingerprint density at radius 3 is 2.58 bits per heavy atom. The monoisotopic (exact) mass is 426 g/mol. The normalized spacial score (nSPS) is 22.9. The summed E-state index contributed by atoms with van der Waals surface area (Å²) in [6.45, 7) is -0.594. The van der Waals surface area contributed by atoms with E-state index in [1.54, 1.807) is 12.1 Å². The van der Waals surface area contributed by atoms with Gasteiger partial charge in [0.1, 0.15) is 23.7 Å². The Bertz CT molecular complexity index is 1140. The zero-order chi connectivity index (χ0) is 22.0. The lowest BCUT2D eigenvalue weighted by atomic mass is 10.1. The van der Waals surface area contributed by atoms with Crippen molar-refractivity contribution < 1.29 is 24.1 Å². The Balaban J connectivity index is 1.51. The molecule has 3 aromatic rings. The predicted octanol–water partition coefficient (Wildman–Crippen LogP) is 1.15. The Kier molecular flexibility index (Phi) is 5.85. The molecule has 1 aliphatic rings. The average Bonchev–Trinajstić information content (AvgIpc) is 3.08. The SMILES string of the molecule is O=C(Nc1ccn([C@H]2O[C@H](CO)[C@@H](O)[C@H]2F)c(=O)n1)c1cccc(-c2ccccc2)n1. The van der Waals surface area contributed by atoms with Gasteiger partial charge in [0.25, 0.3) is 5.91 Å². The molecule has 0 radical (unpaired) electrons. The third kappa shape index (κ3) is 4.22. The van der Waals surface area contributed by atoms with Gasteiger partial charge in [0.05, 0.1) is 12.3 Å². The molecule has 2 aromatic heterocycles. The quantitative estimate of drug-likeness (QED) is 0.559. The molecule has 4 atom stereocenters. The first kappa shape index (κ1) is 20.8. The molecular weight excluding hydrogens is 407 g/mol. The van der Waals surface area contributed by atoms with E-state index >= 15 is 0 Å². The second-order valence-corrected chi connectivity index (χ2v) is 6.91. The highest BCUT2D eigenvalue weighted by molar-refractivity contribution is 6.02. The minimum absolute atomic E-state index is 0.0502. The predicted molar refractivity (Wildman–Crippen MR) is 108 cm³/mol. The van der Waals surface area contributed by atoms with Gasteiger partial charge in [-0.3, -0.25) is 9.36 Å². The van der Waals surface area contributed by atoms with Crippen molar-refractivity contribution in [1.29, 1.82) is 0 Å². The summed E-state index contributed by atoms with van der Waals surface area (Å²) in [4.78, 5) is 32.9. The number of nitrogens with one attached hydrogen (secondary N) is 1. The van der Waals surface area contributed by atoms with Crippen molar-refractivity contribution in [2.24, 2.45) is 0 Å². The number of alkyl halides is 1. The maximum absolute atomic E-state index is 14.2. The number of aromatic nitrogens is 3. The molecule has 1 fully saturated rings. The lowest BCUT2D eigenvalue weighted by Gasteiger charge is -2.16. The molecule has 0 spiro atoms. The van der Waals surface area contributed by atoms with Gasteiger partial charge in [-0.2, -0.15) is 4.98 Å².